The first-order chi connectivity index (χ1) is 9.38. The van der Waals surface area contributed by atoms with Gasteiger partial charge in [-0.2, -0.15) is 13.2 Å². The molecule has 106 valence electrons. The summed E-state index contributed by atoms with van der Waals surface area (Å²) in [6, 6.07) is 10.4. The highest BCUT2D eigenvalue weighted by atomic mass is 35.5. The van der Waals surface area contributed by atoms with Crippen LogP contribution in [0.2, 0.25) is 5.02 Å². The van der Waals surface area contributed by atoms with Gasteiger partial charge in [0.05, 0.1) is 10.6 Å². The van der Waals surface area contributed by atoms with Crippen molar-refractivity contribution in [2.24, 2.45) is 0 Å². The van der Waals surface area contributed by atoms with Gasteiger partial charge in [-0.1, -0.05) is 29.8 Å². The van der Waals surface area contributed by atoms with Gasteiger partial charge in [-0.25, -0.2) is 0 Å². The first-order valence-electron chi connectivity index (χ1n) is 5.71. The number of para-hydroxylation sites is 1. The van der Waals surface area contributed by atoms with Crippen molar-refractivity contribution in [1.82, 2.24) is 0 Å². The standard InChI is InChI=1S/C14H11ClF3NO/c15-11-3-1-2-4-13(11)20-8-9-5-6-12(19)10(7-9)14(16,17)18/h1-7H,8,19H2. The van der Waals surface area contributed by atoms with Crippen LogP contribution in [0.3, 0.4) is 0 Å². The third kappa shape index (κ3) is 3.36. The Labute approximate surface area is 118 Å². The zero-order chi connectivity index (χ0) is 14.8. The summed E-state index contributed by atoms with van der Waals surface area (Å²) in [5.41, 5.74) is 4.52. The van der Waals surface area contributed by atoms with Crippen molar-refractivity contribution in [1.29, 1.82) is 0 Å². The van der Waals surface area contributed by atoms with E-state index in [0.717, 1.165) is 6.07 Å². The molecule has 2 aromatic carbocycles. The Hall–Kier alpha value is -1.88. The summed E-state index contributed by atoms with van der Waals surface area (Å²) < 4.78 is 43.5. The van der Waals surface area contributed by atoms with Crippen molar-refractivity contribution < 1.29 is 17.9 Å². The average molecular weight is 302 g/mol. The van der Waals surface area contributed by atoms with Crippen LogP contribution in [0.25, 0.3) is 0 Å². The summed E-state index contributed by atoms with van der Waals surface area (Å²) in [6.45, 7) is -0.0207. The van der Waals surface area contributed by atoms with Gasteiger partial charge in [0.25, 0.3) is 0 Å². The number of benzene rings is 2. The van der Waals surface area contributed by atoms with Crippen molar-refractivity contribution in [3.63, 3.8) is 0 Å². The number of anilines is 1. The van der Waals surface area contributed by atoms with Crippen LogP contribution in [-0.4, -0.2) is 0 Å². The fraction of sp³-hybridized carbons (Fsp3) is 0.143. The van der Waals surface area contributed by atoms with Crippen molar-refractivity contribution in [3.05, 3.63) is 58.6 Å². The second-order valence-corrected chi connectivity index (χ2v) is 4.55. The Kier molecular flexibility index (Phi) is 4.09. The summed E-state index contributed by atoms with van der Waals surface area (Å²) in [5, 5.41) is 0.402. The molecule has 0 atom stereocenters. The number of hydrogen-bond acceptors (Lipinski definition) is 2. The zero-order valence-corrected chi connectivity index (χ0v) is 11.0. The van der Waals surface area contributed by atoms with Crippen molar-refractivity contribution >= 4 is 17.3 Å². The predicted octanol–water partition coefficient (Wildman–Crippen LogP) is 4.52. The number of hydrogen-bond donors (Lipinski definition) is 1. The van der Waals surface area contributed by atoms with E-state index in [1.807, 2.05) is 0 Å². The maximum Gasteiger partial charge on any atom is 0.418 e. The first kappa shape index (κ1) is 14.5. The molecule has 2 rings (SSSR count). The summed E-state index contributed by atoms with van der Waals surface area (Å²) in [4.78, 5) is 0. The molecule has 2 N–H and O–H groups in total. The fourth-order valence-electron chi connectivity index (χ4n) is 1.66. The van der Waals surface area contributed by atoms with Gasteiger partial charge < -0.3 is 10.5 Å². The van der Waals surface area contributed by atoms with Gasteiger partial charge >= 0.3 is 6.18 Å². The Morgan fingerprint density at radius 2 is 1.80 bits per heavy atom. The first-order valence-corrected chi connectivity index (χ1v) is 6.08. The molecule has 0 radical (unpaired) electrons. The molecular weight excluding hydrogens is 291 g/mol. The van der Waals surface area contributed by atoms with Crippen molar-refractivity contribution in [3.8, 4) is 5.75 Å². The minimum absolute atomic E-state index is 0.0207. The van der Waals surface area contributed by atoms with Crippen LogP contribution in [0.5, 0.6) is 5.75 Å². The second kappa shape index (κ2) is 5.63. The lowest BCUT2D eigenvalue weighted by molar-refractivity contribution is -0.137. The maximum absolute atomic E-state index is 12.7. The normalized spacial score (nSPS) is 11.4. The molecule has 0 fully saturated rings. The Morgan fingerprint density at radius 3 is 2.45 bits per heavy atom. The van der Waals surface area contributed by atoms with Gasteiger partial charge in [0.1, 0.15) is 12.4 Å². The molecule has 0 aliphatic heterocycles. The topological polar surface area (TPSA) is 35.2 Å². The molecule has 0 heterocycles. The molecule has 0 aliphatic rings. The number of nitrogen functional groups attached to an aromatic ring is 1. The molecular formula is C14H11ClF3NO. The van der Waals surface area contributed by atoms with Gasteiger partial charge in [0.15, 0.2) is 0 Å². The average Bonchev–Trinajstić information content (AvgIpc) is 2.38. The van der Waals surface area contributed by atoms with E-state index in [0.29, 0.717) is 16.3 Å². The minimum atomic E-state index is -4.48. The van der Waals surface area contributed by atoms with Crippen LogP contribution in [0.1, 0.15) is 11.1 Å². The smallest absolute Gasteiger partial charge is 0.418 e. The molecule has 0 saturated carbocycles. The third-order valence-electron chi connectivity index (χ3n) is 2.65. The number of alkyl halides is 3. The Balaban J connectivity index is 2.17. The van der Waals surface area contributed by atoms with Crippen LogP contribution in [0.15, 0.2) is 42.5 Å². The van der Waals surface area contributed by atoms with E-state index in [2.05, 4.69) is 0 Å². The molecule has 6 heteroatoms. The van der Waals surface area contributed by atoms with Gasteiger partial charge in [-0.3, -0.25) is 0 Å². The quantitative estimate of drug-likeness (QED) is 0.846. The molecule has 2 aromatic rings. The highest BCUT2D eigenvalue weighted by molar-refractivity contribution is 6.32. The lowest BCUT2D eigenvalue weighted by Crippen LogP contribution is -2.10. The van der Waals surface area contributed by atoms with Crippen LogP contribution in [0.4, 0.5) is 18.9 Å². The monoisotopic (exact) mass is 301 g/mol. The zero-order valence-electron chi connectivity index (χ0n) is 10.2. The van der Waals surface area contributed by atoms with E-state index in [1.54, 1.807) is 24.3 Å². The van der Waals surface area contributed by atoms with Crippen molar-refractivity contribution in [2.45, 2.75) is 12.8 Å². The lowest BCUT2D eigenvalue weighted by atomic mass is 10.1. The molecule has 0 unspecified atom stereocenters. The summed E-state index contributed by atoms with van der Waals surface area (Å²) in [6.07, 6.45) is -4.48. The van der Waals surface area contributed by atoms with E-state index in [-0.39, 0.29) is 12.3 Å². The molecule has 0 amide bonds. The Morgan fingerprint density at radius 1 is 1.10 bits per heavy atom. The van der Waals surface area contributed by atoms with Crippen LogP contribution >= 0.6 is 11.6 Å². The van der Waals surface area contributed by atoms with E-state index >= 15 is 0 Å². The molecule has 20 heavy (non-hydrogen) atoms. The molecule has 0 bridgehead atoms. The van der Waals surface area contributed by atoms with Gasteiger partial charge in [-0.05, 0) is 29.8 Å². The Bertz CT molecular complexity index is 614. The van der Waals surface area contributed by atoms with E-state index in [4.69, 9.17) is 22.1 Å². The lowest BCUT2D eigenvalue weighted by Gasteiger charge is -2.13. The highest BCUT2D eigenvalue weighted by Crippen LogP contribution is 2.34. The van der Waals surface area contributed by atoms with Gasteiger partial charge in [-0.15, -0.1) is 0 Å². The van der Waals surface area contributed by atoms with Crippen molar-refractivity contribution in [2.75, 3.05) is 5.73 Å². The largest absolute Gasteiger partial charge is 0.487 e. The third-order valence-corrected chi connectivity index (χ3v) is 2.97. The van der Waals surface area contributed by atoms with Crippen LogP contribution in [0, 0.1) is 0 Å². The van der Waals surface area contributed by atoms with E-state index in [9.17, 15) is 13.2 Å². The summed E-state index contributed by atoms with van der Waals surface area (Å²) in [7, 11) is 0. The molecule has 0 spiro atoms. The second-order valence-electron chi connectivity index (χ2n) is 4.14. The highest BCUT2D eigenvalue weighted by Gasteiger charge is 2.33. The summed E-state index contributed by atoms with van der Waals surface area (Å²) >= 11 is 5.89. The fourth-order valence-corrected chi connectivity index (χ4v) is 1.85. The minimum Gasteiger partial charge on any atom is -0.487 e. The summed E-state index contributed by atoms with van der Waals surface area (Å²) in [5.74, 6) is 0.416. The number of rotatable bonds is 3. The predicted molar refractivity (Wildman–Crippen MR) is 71.6 cm³/mol. The van der Waals surface area contributed by atoms with E-state index in [1.165, 1.54) is 12.1 Å². The number of halogens is 4. The van der Waals surface area contributed by atoms with Gasteiger partial charge in [0.2, 0.25) is 0 Å². The molecule has 2 nitrogen and oxygen atoms in total. The molecule has 0 aliphatic carbocycles. The number of ether oxygens (including phenoxy) is 1. The SMILES string of the molecule is Nc1ccc(COc2ccccc2Cl)cc1C(F)(F)F. The number of nitrogens with two attached hydrogens (primary N) is 1. The van der Waals surface area contributed by atoms with E-state index < -0.39 is 11.7 Å². The van der Waals surface area contributed by atoms with Crippen LogP contribution < -0.4 is 10.5 Å². The maximum atomic E-state index is 12.7. The molecule has 0 aromatic heterocycles. The molecule has 0 saturated heterocycles. The van der Waals surface area contributed by atoms with Crippen LogP contribution in [-0.2, 0) is 12.8 Å². The van der Waals surface area contributed by atoms with Gasteiger partial charge in [0, 0.05) is 5.69 Å².